The number of carbonyl (C=O) groups is 2. The van der Waals surface area contributed by atoms with Gasteiger partial charge in [-0.15, -0.1) is 0 Å². The van der Waals surface area contributed by atoms with E-state index in [-0.39, 0.29) is 0 Å². The van der Waals surface area contributed by atoms with Crippen LogP contribution < -0.4 is 14.8 Å². The maximum Gasteiger partial charge on any atom is 0.326 e. The van der Waals surface area contributed by atoms with Gasteiger partial charge >= 0.3 is 5.97 Å². The third-order valence-corrected chi connectivity index (χ3v) is 3.29. The van der Waals surface area contributed by atoms with E-state index in [0.717, 1.165) is 0 Å². The number of carboxylic acid groups (broad SMARTS) is 1. The molecule has 114 valence electrons. The fourth-order valence-electron chi connectivity index (χ4n) is 2.21. The van der Waals surface area contributed by atoms with E-state index in [1.807, 2.05) is 13.0 Å². The lowest BCUT2D eigenvalue weighted by Crippen LogP contribution is -2.53. The van der Waals surface area contributed by atoms with Gasteiger partial charge in [-0.2, -0.15) is 0 Å². The van der Waals surface area contributed by atoms with Crippen LogP contribution in [-0.4, -0.2) is 35.2 Å². The molecule has 0 spiro atoms. The third-order valence-electron chi connectivity index (χ3n) is 3.29. The quantitative estimate of drug-likeness (QED) is 0.861. The molecule has 1 aliphatic heterocycles. The number of benzene rings is 1. The Kier molecular flexibility index (Phi) is 4.67. The molecule has 0 aromatic heterocycles. The van der Waals surface area contributed by atoms with Crippen LogP contribution in [0.25, 0.3) is 0 Å². The average molecular weight is 293 g/mol. The van der Waals surface area contributed by atoms with Gasteiger partial charge in [0.1, 0.15) is 12.1 Å². The van der Waals surface area contributed by atoms with Crippen molar-refractivity contribution in [2.45, 2.75) is 44.9 Å². The second kappa shape index (κ2) is 6.47. The number of aliphatic carboxylic acids is 1. The van der Waals surface area contributed by atoms with Gasteiger partial charge in [0.05, 0.1) is 0 Å². The van der Waals surface area contributed by atoms with Crippen LogP contribution in [0, 0.1) is 0 Å². The molecule has 0 aliphatic carbocycles. The van der Waals surface area contributed by atoms with E-state index < -0.39 is 30.1 Å². The molecule has 0 saturated heterocycles. The number of hydrogen-bond acceptors (Lipinski definition) is 4. The summed E-state index contributed by atoms with van der Waals surface area (Å²) in [5.41, 5.74) is 0. The number of nitrogens with one attached hydrogen (secondary N) is 1. The molecule has 1 heterocycles. The highest BCUT2D eigenvalue weighted by atomic mass is 16.6. The lowest BCUT2D eigenvalue weighted by molar-refractivity contribution is -0.144. The van der Waals surface area contributed by atoms with Crippen molar-refractivity contribution in [3.8, 4) is 11.5 Å². The van der Waals surface area contributed by atoms with E-state index >= 15 is 0 Å². The van der Waals surface area contributed by atoms with E-state index in [4.69, 9.17) is 14.6 Å². The van der Waals surface area contributed by atoms with Gasteiger partial charge in [0, 0.05) is 0 Å². The number of ether oxygens (including phenoxy) is 2. The molecule has 0 radical (unpaired) electrons. The van der Waals surface area contributed by atoms with E-state index in [1.165, 1.54) is 0 Å². The Hall–Kier alpha value is -2.24. The van der Waals surface area contributed by atoms with E-state index in [1.54, 1.807) is 25.1 Å². The molecule has 6 nitrogen and oxygen atoms in total. The first kappa shape index (κ1) is 15.2. The molecule has 0 unspecified atom stereocenters. The Labute approximate surface area is 123 Å². The summed E-state index contributed by atoms with van der Waals surface area (Å²) in [4.78, 5) is 23.3. The van der Waals surface area contributed by atoms with E-state index in [0.29, 0.717) is 24.3 Å². The van der Waals surface area contributed by atoms with Gasteiger partial charge in [-0.25, -0.2) is 4.79 Å². The first-order valence-electron chi connectivity index (χ1n) is 6.98. The third kappa shape index (κ3) is 3.45. The molecule has 2 rings (SSSR count). The maximum absolute atomic E-state index is 12.2. The fourth-order valence-corrected chi connectivity index (χ4v) is 2.21. The minimum absolute atomic E-state index is 0.375. The highest BCUT2D eigenvalue weighted by Gasteiger charge is 2.35. The van der Waals surface area contributed by atoms with Crippen molar-refractivity contribution >= 4 is 11.9 Å². The van der Waals surface area contributed by atoms with Crippen LogP contribution in [0.5, 0.6) is 11.5 Å². The number of amides is 1. The molecule has 0 fully saturated rings. The summed E-state index contributed by atoms with van der Waals surface area (Å²) in [7, 11) is 0. The van der Waals surface area contributed by atoms with Crippen LogP contribution in [0.2, 0.25) is 0 Å². The monoisotopic (exact) mass is 293 g/mol. The molecule has 21 heavy (non-hydrogen) atoms. The summed E-state index contributed by atoms with van der Waals surface area (Å²) < 4.78 is 11.3. The zero-order valence-electron chi connectivity index (χ0n) is 12.0. The van der Waals surface area contributed by atoms with E-state index in [9.17, 15) is 9.59 Å². The van der Waals surface area contributed by atoms with Gasteiger partial charge in [-0.1, -0.05) is 25.5 Å². The minimum atomic E-state index is -1.05. The van der Waals surface area contributed by atoms with Crippen molar-refractivity contribution in [3.63, 3.8) is 0 Å². The second-order valence-electron chi connectivity index (χ2n) is 5.00. The van der Waals surface area contributed by atoms with Gasteiger partial charge in [-0.05, 0) is 25.5 Å². The number of hydrogen-bond donors (Lipinski definition) is 2. The maximum atomic E-state index is 12.2. The topological polar surface area (TPSA) is 84.9 Å². The summed E-state index contributed by atoms with van der Waals surface area (Å²) >= 11 is 0. The van der Waals surface area contributed by atoms with Crippen LogP contribution in [0.4, 0.5) is 0 Å². The number of para-hydroxylation sites is 2. The van der Waals surface area contributed by atoms with Crippen molar-refractivity contribution in [1.29, 1.82) is 0 Å². The SMILES string of the molecule is CCC[C@H](NC(=O)[C@H]1Oc2ccccc2O[C@H]1C)C(=O)O. The Balaban J connectivity index is 2.07. The standard InChI is InChI=1S/C15H19NO5/c1-3-6-10(15(18)19)16-14(17)13-9(2)20-11-7-4-5-8-12(11)21-13/h4-5,7-10,13H,3,6H2,1-2H3,(H,16,17)(H,18,19)/t9-,10-,13-/m0/s1. The number of fused-ring (bicyclic) bond motifs is 1. The highest BCUT2D eigenvalue weighted by molar-refractivity contribution is 5.87. The summed E-state index contributed by atoms with van der Waals surface area (Å²) in [6, 6.07) is 6.16. The van der Waals surface area contributed by atoms with Crippen molar-refractivity contribution in [2.24, 2.45) is 0 Å². The zero-order chi connectivity index (χ0) is 15.4. The molecule has 0 bridgehead atoms. The smallest absolute Gasteiger partial charge is 0.326 e. The van der Waals surface area contributed by atoms with Gasteiger partial charge < -0.3 is 19.9 Å². The predicted octanol–water partition coefficient (Wildman–Crippen LogP) is 1.58. The molecule has 0 saturated carbocycles. The van der Waals surface area contributed by atoms with Crippen molar-refractivity contribution < 1.29 is 24.2 Å². The Bertz CT molecular complexity index is 531. The molecule has 2 N–H and O–H groups in total. The fraction of sp³-hybridized carbons (Fsp3) is 0.467. The lowest BCUT2D eigenvalue weighted by atomic mass is 10.1. The summed E-state index contributed by atoms with van der Waals surface area (Å²) in [5, 5.41) is 11.6. The zero-order valence-corrected chi connectivity index (χ0v) is 12.0. The number of carbonyl (C=O) groups excluding carboxylic acids is 1. The Morgan fingerprint density at radius 1 is 1.29 bits per heavy atom. The first-order chi connectivity index (χ1) is 10.0. The van der Waals surface area contributed by atoms with Crippen LogP contribution in [0.15, 0.2) is 24.3 Å². The second-order valence-corrected chi connectivity index (χ2v) is 5.00. The van der Waals surface area contributed by atoms with Gasteiger partial charge in [0.15, 0.2) is 11.5 Å². The molecule has 6 heteroatoms. The number of rotatable bonds is 5. The van der Waals surface area contributed by atoms with Gasteiger partial charge in [0.2, 0.25) is 6.10 Å². The summed E-state index contributed by atoms with van der Waals surface area (Å²) in [6.45, 7) is 3.58. The minimum Gasteiger partial charge on any atom is -0.482 e. The van der Waals surface area contributed by atoms with Gasteiger partial charge in [0.25, 0.3) is 5.91 Å². The highest BCUT2D eigenvalue weighted by Crippen LogP contribution is 2.33. The van der Waals surface area contributed by atoms with E-state index in [2.05, 4.69) is 5.32 Å². The normalized spacial score (nSPS) is 21.4. The molecule has 1 aliphatic rings. The van der Waals surface area contributed by atoms with Crippen LogP contribution >= 0.6 is 0 Å². The molecular weight excluding hydrogens is 274 g/mol. The van der Waals surface area contributed by atoms with Crippen LogP contribution in [0.1, 0.15) is 26.7 Å². The molecule has 3 atom stereocenters. The van der Waals surface area contributed by atoms with Crippen molar-refractivity contribution in [3.05, 3.63) is 24.3 Å². The number of carboxylic acids is 1. The van der Waals surface area contributed by atoms with Crippen LogP contribution in [0.3, 0.4) is 0 Å². The molecule has 1 aromatic rings. The summed E-state index contributed by atoms with van der Waals surface area (Å²) in [5.74, 6) is -0.455. The molecule has 1 amide bonds. The molecule has 1 aromatic carbocycles. The summed E-state index contributed by atoms with van der Waals surface area (Å²) in [6.07, 6.45) is -0.313. The van der Waals surface area contributed by atoms with Crippen molar-refractivity contribution in [2.75, 3.05) is 0 Å². The van der Waals surface area contributed by atoms with Crippen molar-refractivity contribution in [1.82, 2.24) is 5.32 Å². The largest absolute Gasteiger partial charge is 0.482 e. The van der Waals surface area contributed by atoms with Crippen LogP contribution in [-0.2, 0) is 9.59 Å². The first-order valence-corrected chi connectivity index (χ1v) is 6.98. The Morgan fingerprint density at radius 2 is 1.90 bits per heavy atom. The lowest BCUT2D eigenvalue weighted by Gasteiger charge is -2.31. The molecular formula is C15H19NO5. The average Bonchev–Trinajstić information content (AvgIpc) is 2.45. The predicted molar refractivity (Wildman–Crippen MR) is 75.4 cm³/mol. The van der Waals surface area contributed by atoms with Gasteiger partial charge in [-0.3, -0.25) is 4.79 Å². The Morgan fingerprint density at radius 3 is 2.48 bits per heavy atom.